The fourth-order valence-corrected chi connectivity index (χ4v) is 8.59. The number of benzene rings is 2. The minimum atomic E-state index is 0.322. The van der Waals surface area contributed by atoms with Gasteiger partial charge in [-0.25, -0.2) is 4.98 Å². The summed E-state index contributed by atoms with van der Waals surface area (Å²) in [5.41, 5.74) is 11.0. The van der Waals surface area contributed by atoms with Crippen molar-refractivity contribution in [2.75, 3.05) is 79.9 Å². The number of aromatic nitrogens is 4. The van der Waals surface area contributed by atoms with E-state index in [0.29, 0.717) is 28.6 Å². The molecule has 2 aromatic carbocycles. The van der Waals surface area contributed by atoms with Gasteiger partial charge in [0.25, 0.3) is 0 Å². The molecule has 0 amide bonds. The van der Waals surface area contributed by atoms with Crippen molar-refractivity contribution in [3.05, 3.63) is 114 Å². The Morgan fingerprint density at radius 2 is 1.82 bits per heavy atom. The second kappa shape index (κ2) is 17.5. The average molecular weight is 788 g/mol. The van der Waals surface area contributed by atoms with E-state index in [4.69, 9.17) is 21.7 Å². The summed E-state index contributed by atoms with van der Waals surface area (Å²) in [6.45, 7) is 25.4. The Balaban J connectivity index is 0.946. The van der Waals surface area contributed by atoms with Crippen molar-refractivity contribution in [3.63, 3.8) is 0 Å². The van der Waals surface area contributed by atoms with Crippen LogP contribution in [-0.2, 0) is 7.05 Å². The van der Waals surface area contributed by atoms with Crippen LogP contribution in [-0.4, -0.2) is 84.6 Å². The van der Waals surface area contributed by atoms with Gasteiger partial charge in [0.05, 0.1) is 23.1 Å². The number of nitrogens with zero attached hydrogens (tertiary/aromatic N) is 8. The van der Waals surface area contributed by atoms with E-state index < -0.39 is 0 Å². The molecule has 2 fully saturated rings. The molecule has 57 heavy (non-hydrogen) atoms. The fraction of sp³-hybridized carbons (Fsp3) is 0.400. The lowest BCUT2D eigenvalue weighted by molar-refractivity contribution is 0.224. The van der Waals surface area contributed by atoms with Crippen LogP contribution in [0.5, 0.6) is 0 Å². The van der Waals surface area contributed by atoms with Crippen molar-refractivity contribution in [1.82, 2.24) is 35.3 Å². The number of likely N-dealkylation sites (N-methyl/N-ethyl adjacent to an activating group) is 1. The van der Waals surface area contributed by atoms with Gasteiger partial charge in [-0.2, -0.15) is 10.1 Å². The molecule has 12 heteroatoms. The maximum Gasteiger partial charge on any atom is 0.227 e. The van der Waals surface area contributed by atoms with E-state index in [1.54, 1.807) is 12.4 Å². The Hall–Kier alpha value is -5.26. The molecule has 11 nitrogen and oxygen atoms in total. The molecule has 2 atom stereocenters. The Morgan fingerprint density at radius 1 is 1.02 bits per heavy atom. The number of rotatable bonds is 16. The van der Waals surface area contributed by atoms with E-state index >= 15 is 0 Å². The van der Waals surface area contributed by atoms with E-state index in [0.717, 1.165) is 111 Å². The van der Waals surface area contributed by atoms with Crippen LogP contribution in [0.15, 0.2) is 97.8 Å². The Kier molecular flexibility index (Phi) is 12.3. The molecule has 2 saturated heterocycles. The quantitative estimate of drug-likeness (QED) is 0.103. The van der Waals surface area contributed by atoms with Crippen molar-refractivity contribution in [3.8, 4) is 0 Å². The Morgan fingerprint density at radius 3 is 2.60 bits per heavy atom. The summed E-state index contributed by atoms with van der Waals surface area (Å²) >= 11 is 6.66. The first-order valence-electron chi connectivity index (χ1n) is 20.2. The minimum Gasteiger partial charge on any atom is -0.392 e. The first-order valence-corrected chi connectivity index (χ1v) is 20.6. The second-order valence-electron chi connectivity index (χ2n) is 15.8. The molecule has 3 N–H and O–H groups in total. The summed E-state index contributed by atoms with van der Waals surface area (Å²) in [5.74, 6) is 2.24. The molecular weight excluding hydrogens is 730 g/mol. The van der Waals surface area contributed by atoms with Crippen LogP contribution in [0.2, 0.25) is 5.02 Å². The van der Waals surface area contributed by atoms with Gasteiger partial charge < -0.3 is 30.7 Å². The van der Waals surface area contributed by atoms with E-state index in [1.165, 1.54) is 28.6 Å². The van der Waals surface area contributed by atoms with Crippen molar-refractivity contribution >= 4 is 57.4 Å². The Bertz CT molecular complexity index is 2180. The number of fused-ring (bicyclic) bond motifs is 2. The van der Waals surface area contributed by atoms with Gasteiger partial charge in [0.1, 0.15) is 5.02 Å². The zero-order valence-electron chi connectivity index (χ0n) is 34.1. The third-order valence-electron chi connectivity index (χ3n) is 11.9. The molecule has 5 heterocycles. The van der Waals surface area contributed by atoms with Crippen LogP contribution in [0, 0.1) is 5.92 Å². The topological polar surface area (TPSA) is 92.7 Å². The molecule has 300 valence electrons. The predicted octanol–water partition coefficient (Wildman–Crippen LogP) is 8.40. The summed E-state index contributed by atoms with van der Waals surface area (Å²) < 4.78 is 2.08. The van der Waals surface area contributed by atoms with E-state index in [1.807, 2.05) is 7.05 Å². The molecule has 0 spiro atoms. The SMILES string of the molecule is C=CNC(=C)CCC(C)c1nn(C)c2c(N3CCC(CN4CCN(c5ncc(Cl)c(Nc6ccc7c(c6)C=C(CCC(=C)NC)C(=C)N7C)n5)CC4)C3)cccc12. The molecule has 0 saturated carbocycles. The molecule has 2 aromatic heterocycles. The standard InChI is InChI=1S/C45H58ClN11/c1-9-48-32(4)14-13-30(2)42-38-11-10-12-41(43(38)54(8)52-42)57-20-19-34(29-57)28-55-21-23-56(24-22-55)45-49-27-39(46)44(51-45)50-37-17-18-40-36(26-37)25-35(33(5)53(40)7)16-15-31(3)47-6/h9-12,17-18,25-27,30,34,47-48H,1,3-5,13-16,19-24,28-29H2,2,6-8H3,(H,49,50,51). The zero-order chi connectivity index (χ0) is 40.2. The van der Waals surface area contributed by atoms with Crippen molar-refractivity contribution < 1.29 is 0 Å². The predicted molar refractivity (Wildman–Crippen MR) is 240 cm³/mol. The molecular formula is C45H58ClN11. The summed E-state index contributed by atoms with van der Waals surface area (Å²) in [6, 6.07) is 13.0. The zero-order valence-corrected chi connectivity index (χ0v) is 34.9. The molecule has 4 aromatic rings. The van der Waals surface area contributed by atoms with E-state index in [-0.39, 0.29) is 0 Å². The summed E-state index contributed by atoms with van der Waals surface area (Å²) in [7, 11) is 6.06. The van der Waals surface area contributed by atoms with Crippen LogP contribution in [0.4, 0.5) is 28.8 Å². The van der Waals surface area contributed by atoms with E-state index in [9.17, 15) is 0 Å². The highest BCUT2D eigenvalue weighted by molar-refractivity contribution is 6.32. The number of nitrogens with one attached hydrogen (secondary N) is 3. The van der Waals surface area contributed by atoms with Crippen LogP contribution in [0.1, 0.15) is 56.2 Å². The summed E-state index contributed by atoms with van der Waals surface area (Å²) in [4.78, 5) is 19.2. The van der Waals surface area contributed by atoms with Gasteiger partial charge in [0.2, 0.25) is 5.95 Å². The van der Waals surface area contributed by atoms with Gasteiger partial charge in [-0.15, -0.1) is 0 Å². The van der Waals surface area contributed by atoms with Gasteiger partial charge in [0, 0.05) is 112 Å². The van der Waals surface area contributed by atoms with Gasteiger partial charge in [-0.1, -0.05) is 57.0 Å². The number of hydrogen-bond donors (Lipinski definition) is 3. The first kappa shape index (κ1) is 40.0. The smallest absolute Gasteiger partial charge is 0.227 e. The highest BCUT2D eigenvalue weighted by atomic mass is 35.5. The maximum absolute atomic E-state index is 6.66. The van der Waals surface area contributed by atoms with Crippen molar-refractivity contribution in [2.45, 2.75) is 44.9 Å². The van der Waals surface area contributed by atoms with Gasteiger partial charge in [-0.3, -0.25) is 9.58 Å². The summed E-state index contributed by atoms with van der Waals surface area (Å²) in [6.07, 6.45) is 10.4. The minimum absolute atomic E-state index is 0.322. The molecule has 0 bridgehead atoms. The largest absolute Gasteiger partial charge is 0.392 e. The van der Waals surface area contributed by atoms with Crippen LogP contribution in [0.25, 0.3) is 17.0 Å². The normalized spacial score (nSPS) is 17.7. The second-order valence-corrected chi connectivity index (χ2v) is 16.2. The molecule has 3 aliphatic rings. The van der Waals surface area contributed by atoms with Gasteiger partial charge >= 0.3 is 0 Å². The monoisotopic (exact) mass is 787 g/mol. The number of halogens is 1. The molecule has 7 rings (SSSR count). The van der Waals surface area contributed by atoms with Crippen LogP contribution in [0.3, 0.4) is 0 Å². The Labute approximate surface area is 343 Å². The lowest BCUT2D eigenvalue weighted by atomic mass is 9.96. The van der Waals surface area contributed by atoms with Gasteiger partial charge in [-0.05, 0) is 80.1 Å². The highest BCUT2D eigenvalue weighted by Crippen LogP contribution is 2.38. The molecule has 2 unspecified atom stereocenters. The number of piperazine rings is 1. The fourth-order valence-electron chi connectivity index (χ4n) is 8.45. The molecule has 3 aliphatic heterocycles. The maximum atomic E-state index is 6.66. The third kappa shape index (κ3) is 8.84. The number of para-hydroxylation sites is 1. The lowest BCUT2D eigenvalue weighted by Crippen LogP contribution is -2.48. The van der Waals surface area contributed by atoms with Gasteiger partial charge in [0.15, 0.2) is 5.82 Å². The number of aryl methyl sites for hydroxylation is 1. The van der Waals surface area contributed by atoms with Crippen LogP contribution >= 0.6 is 11.6 Å². The highest BCUT2D eigenvalue weighted by Gasteiger charge is 2.29. The number of allylic oxidation sites excluding steroid dienone is 3. The van der Waals surface area contributed by atoms with Crippen LogP contribution < -0.4 is 30.7 Å². The molecule has 0 aliphatic carbocycles. The van der Waals surface area contributed by atoms with Crippen molar-refractivity contribution in [1.29, 1.82) is 0 Å². The summed E-state index contributed by atoms with van der Waals surface area (Å²) in [5, 5.41) is 16.5. The number of anilines is 5. The molecule has 0 radical (unpaired) electrons. The first-order chi connectivity index (χ1) is 27.5. The van der Waals surface area contributed by atoms with Crippen molar-refractivity contribution in [2.24, 2.45) is 13.0 Å². The number of hydrogen-bond acceptors (Lipinski definition) is 10. The van der Waals surface area contributed by atoms with E-state index in [2.05, 4.69) is 135 Å². The lowest BCUT2D eigenvalue weighted by Gasteiger charge is -2.36. The third-order valence-corrected chi connectivity index (χ3v) is 12.1. The average Bonchev–Trinajstić information content (AvgIpc) is 3.83.